The van der Waals surface area contributed by atoms with Crippen molar-refractivity contribution in [2.45, 2.75) is 32.4 Å². The molecule has 100 valence electrons. The second-order valence-corrected chi connectivity index (χ2v) is 5.60. The maximum atomic E-state index is 5.74. The summed E-state index contributed by atoms with van der Waals surface area (Å²) in [6.45, 7) is 5.52. The minimum Gasteiger partial charge on any atom is -0.377 e. The lowest BCUT2D eigenvalue weighted by Gasteiger charge is -2.34. The summed E-state index contributed by atoms with van der Waals surface area (Å²) in [7, 11) is 0. The van der Waals surface area contributed by atoms with Crippen molar-refractivity contribution in [1.29, 1.82) is 0 Å². The standard InChI is InChI=1S/C14H21BrN2O/c1-2-18-14-4-3-5-17(10-14)13-7-11(9-16)6-12(15)8-13/h6-8,14H,2-5,9-10,16H2,1H3. The fourth-order valence-corrected chi connectivity index (χ4v) is 3.01. The Hall–Kier alpha value is -0.580. The third-order valence-electron chi connectivity index (χ3n) is 3.32. The Balaban J connectivity index is 2.12. The van der Waals surface area contributed by atoms with E-state index in [1.54, 1.807) is 0 Å². The second kappa shape index (κ2) is 6.55. The molecule has 4 heteroatoms. The Morgan fingerprint density at radius 2 is 2.28 bits per heavy atom. The highest BCUT2D eigenvalue weighted by Gasteiger charge is 2.20. The van der Waals surface area contributed by atoms with Crippen LogP contribution in [0.2, 0.25) is 0 Å². The van der Waals surface area contributed by atoms with Gasteiger partial charge in [0.15, 0.2) is 0 Å². The summed E-state index contributed by atoms with van der Waals surface area (Å²) in [5, 5.41) is 0. The molecule has 0 aromatic heterocycles. The number of rotatable bonds is 4. The summed E-state index contributed by atoms with van der Waals surface area (Å²) < 4.78 is 6.84. The lowest BCUT2D eigenvalue weighted by Crippen LogP contribution is -2.39. The largest absolute Gasteiger partial charge is 0.377 e. The van der Waals surface area contributed by atoms with E-state index in [9.17, 15) is 0 Å². The van der Waals surface area contributed by atoms with Gasteiger partial charge in [-0.05, 0) is 43.5 Å². The molecule has 0 bridgehead atoms. The highest BCUT2D eigenvalue weighted by molar-refractivity contribution is 9.10. The van der Waals surface area contributed by atoms with Crippen molar-refractivity contribution in [3.8, 4) is 0 Å². The van der Waals surface area contributed by atoms with E-state index in [4.69, 9.17) is 10.5 Å². The summed E-state index contributed by atoms with van der Waals surface area (Å²) in [6, 6.07) is 6.42. The van der Waals surface area contributed by atoms with Gasteiger partial charge in [0.05, 0.1) is 6.10 Å². The molecule has 1 unspecified atom stereocenters. The van der Waals surface area contributed by atoms with Gasteiger partial charge in [-0.1, -0.05) is 15.9 Å². The van der Waals surface area contributed by atoms with Crippen LogP contribution in [0, 0.1) is 0 Å². The van der Waals surface area contributed by atoms with E-state index in [0.29, 0.717) is 12.6 Å². The van der Waals surface area contributed by atoms with Crippen LogP contribution in [-0.4, -0.2) is 25.8 Å². The van der Waals surface area contributed by atoms with Crippen molar-refractivity contribution in [3.63, 3.8) is 0 Å². The molecule has 2 rings (SSSR count). The Morgan fingerprint density at radius 3 is 3.00 bits per heavy atom. The van der Waals surface area contributed by atoms with Crippen LogP contribution in [0.4, 0.5) is 5.69 Å². The van der Waals surface area contributed by atoms with Gasteiger partial charge in [0.2, 0.25) is 0 Å². The Morgan fingerprint density at radius 1 is 1.44 bits per heavy atom. The molecule has 18 heavy (non-hydrogen) atoms. The Kier molecular flexibility index (Phi) is 5.03. The summed E-state index contributed by atoms with van der Waals surface area (Å²) >= 11 is 3.55. The monoisotopic (exact) mass is 312 g/mol. The first-order chi connectivity index (χ1) is 8.72. The van der Waals surface area contributed by atoms with E-state index in [1.807, 2.05) is 0 Å². The molecule has 1 heterocycles. The number of nitrogens with zero attached hydrogens (tertiary/aromatic N) is 1. The van der Waals surface area contributed by atoms with Crippen molar-refractivity contribution >= 4 is 21.6 Å². The molecular weight excluding hydrogens is 292 g/mol. The predicted octanol–water partition coefficient (Wildman–Crippen LogP) is 2.91. The first-order valence-corrected chi connectivity index (χ1v) is 7.38. The van der Waals surface area contributed by atoms with Crippen molar-refractivity contribution in [3.05, 3.63) is 28.2 Å². The smallest absolute Gasteiger partial charge is 0.0750 e. The molecular formula is C14H21BrN2O. The Labute approximate surface area is 117 Å². The van der Waals surface area contributed by atoms with Crippen molar-refractivity contribution in [1.82, 2.24) is 0 Å². The van der Waals surface area contributed by atoms with Crippen LogP contribution in [0.5, 0.6) is 0 Å². The van der Waals surface area contributed by atoms with Gasteiger partial charge < -0.3 is 15.4 Å². The molecule has 1 atom stereocenters. The van der Waals surface area contributed by atoms with E-state index >= 15 is 0 Å². The third kappa shape index (κ3) is 3.46. The minimum absolute atomic E-state index is 0.365. The maximum Gasteiger partial charge on any atom is 0.0750 e. The van der Waals surface area contributed by atoms with Crippen LogP contribution in [0.3, 0.4) is 0 Å². The lowest BCUT2D eigenvalue weighted by atomic mass is 10.1. The summed E-state index contributed by atoms with van der Waals surface area (Å²) in [4.78, 5) is 2.40. The van der Waals surface area contributed by atoms with E-state index in [1.165, 1.54) is 18.5 Å². The number of nitrogens with two attached hydrogens (primary N) is 1. The fraction of sp³-hybridized carbons (Fsp3) is 0.571. The molecule has 1 fully saturated rings. The van der Waals surface area contributed by atoms with Gasteiger partial charge in [-0.25, -0.2) is 0 Å². The van der Waals surface area contributed by atoms with E-state index in [-0.39, 0.29) is 0 Å². The van der Waals surface area contributed by atoms with Crippen molar-refractivity contribution in [2.24, 2.45) is 5.73 Å². The third-order valence-corrected chi connectivity index (χ3v) is 3.78. The highest BCUT2D eigenvalue weighted by atomic mass is 79.9. The van der Waals surface area contributed by atoms with Gasteiger partial charge in [-0.15, -0.1) is 0 Å². The number of piperidine rings is 1. The number of hydrogen-bond acceptors (Lipinski definition) is 3. The molecule has 2 N–H and O–H groups in total. The molecule has 1 aromatic carbocycles. The van der Waals surface area contributed by atoms with Crippen LogP contribution in [-0.2, 0) is 11.3 Å². The molecule has 1 aliphatic rings. The first kappa shape index (κ1) is 13.8. The molecule has 0 spiro atoms. The zero-order valence-electron chi connectivity index (χ0n) is 10.9. The zero-order chi connectivity index (χ0) is 13.0. The lowest BCUT2D eigenvalue weighted by molar-refractivity contribution is 0.0526. The van der Waals surface area contributed by atoms with Crippen LogP contribution in [0.25, 0.3) is 0 Å². The van der Waals surface area contributed by atoms with E-state index in [2.05, 4.69) is 46.0 Å². The number of hydrogen-bond donors (Lipinski definition) is 1. The average molecular weight is 313 g/mol. The van der Waals surface area contributed by atoms with Gasteiger partial charge in [0.25, 0.3) is 0 Å². The average Bonchev–Trinajstić information content (AvgIpc) is 2.39. The van der Waals surface area contributed by atoms with Crippen LogP contribution < -0.4 is 10.6 Å². The quantitative estimate of drug-likeness (QED) is 0.929. The molecule has 1 saturated heterocycles. The van der Waals surface area contributed by atoms with Crippen LogP contribution in [0.15, 0.2) is 22.7 Å². The van der Waals surface area contributed by atoms with Crippen molar-refractivity contribution < 1.29 is 4.74 Å². The SMILES string of the molecule is CCOC1CCCN(c2cc(Br)cc(CN)c2)C1. The summed E-state index contributed by atoms with van der Waals surface area (Å²) in [5.74, 6) is 0. The van der Waals surface area contributed by atoms with Crippen LogP contribution in [0.1, 0.15) is 25.3 Å². The molecule has 1 aliphatic heterocycles. The number of ether oxygens (including phenoxy) is 1. The highest BCUT2D eigenvalue weighted by Crippen LogP contribution is 2.26. The molecule has 1 aromatic rings. The number of benzene rings is 1. The molecule has 0 saturated carbocycles. The Bertz CT molecular complexity index is 395. The summed E-state index contributed by atoms with van der Waals surface area (Å²) in [5.41, 5.74) is 8.14. The van der Waals surface area contributed by atoms with E-state index in [0.717, 1.165) is 29.7 Å². The van der Waals surface area contributed by atoms with Crippen LogP contribution >= 0.6 is 15.9 Å². The number of halogens is 1. The minimum atomic E-state index is 0.365. The van der Waals surface area contributed by atoms with Crippen molar-refractivity contribution in [2.75, 3.05) is 24.6 Å². The molecule has 0 radical (unpaired) electrons. The summed E-state index contributed by atoms with van der Waals surface area (Å²) in [6.07, 6.45) is 2.72. The topological polar surface area (TPSA) is 38.5 Å². The molecule has 0 amide bonds. The van der Waals surface area contributed by atoms with Gasteiger partial charge in [0.1, 0.15) is 0 Å². The normalized spacial score (nSPS) is 20.2. The second-order valence-electron chi connectivity index (χ2n) is 4.69. The van der Waals surface area contributed by atoms with Gasteiger partial charge >= 0.3 is 0 Å². The fourth-order valence-electron chi connectivity index (χ4n) is 2.48. The van der Waals surface area contributed by atoms with E-state index < -0.39 is 0 Å². The number of anilines is 1. The maximum absolute atomic E-state index is 5.74. The molecule has 0 aliphatic carbocycles. The molecule has 3 nitrogen and oxygen atoms in total. The zero-order valence-corrected chi connectivity index (χ0v) is 12.4. The van der Waals surface area contributed by atoms with Gasteiger partial charge in [-0.2, -0.15) is 0 Å². The predicted molar refractivity (Wildman–Crippen MR) is 78.9 cm³/mol. The van der Waals surface area contributed by atoms with Gasteiger partial charge in [-0.3, -0.25) is 0 Å². The first-order valence-electron chi connectivity index (χ1n) is 6.59. The van der Waals surface area contributed by atoms with Gasteiger partial charge in [0, 0.05) is 36.4 Å².